The van der Waals surface area contributed by atoms with Gasteiger partial charge in [0.15, 0.2) is 0 Å². The average Bonchev–Trinajstić information content (AvgIpc) is 2.97. The molecule has 0 aliphatic carbocycles. The molecule has 0 bridgehead atoms. The number of benzene rings is 2. The maximum Gasteiger partial charge on any atom is 0.146 e. The minimum atomic E-state index is 0.549. The number of ether oxygens (including phenoxy) is 1. The van der Waals surface area contributed by atoms with Gasteiger partial charge in [-0.25, -0.2) is 0 Å². The van der Waals surface area contributed by atoms with Crippen molar-refractivity contribution < 1.29 is 9.15 Å². The van der Waals surface area contributed by atoms with Crippen molar-refractivity contribution in [2.45, 2.75) is 0 Å². The molecular formula is C16H10Cl2O2. The van der Waals surface area contributed by atoms with Crippen molar-refractivity contribution >= 4 is 23.2 Å². The summed E-state index contributed by atoms with van der Waals surface area (Å²) >= 11 is 12.2. The standard InChI is InChI=1S/C16H10Cl2O2/c17-11-7-8-15(12(10-11)14-6-3-9-19-14)20-16-5-2-1-4-13(16)18/h1-10H. The molecule has 4 heteroatoms. The van der Waals surface area contributed by atoms with Crippen LogP contribution in [0, 0.1) is 0 Å². The minimum absolute atomic E-state index is 0.549. The first-order chi connectivity index (χ1) is 9.74. The van der Waals surface area contributed by atoms with E-state index in [9.17, 15) is 0 Å². The monoisotopic (exact) mass is 304 g/mol. The average molecular weight is 305 g/mol. The van der Waals surface area contributed by atoms with Crippen molar-refractivity contribution in [1.29, 1.82) is 0 Å². The highest BCUT2D eigenvalue weighted by molar-refractivity contribution is 6.32. The van der Waals surface area contributed by atoms with E-state index in [1.807, 2.05) is 30.3 Å². The first-order valence-electron chi connectivity index (χ1n) is 6.00. The van der Waals surface area contributed by atoms with Crippen LogP contribution in [-0.2, 0) is 0 Å². The highest BCUT2D eigenvalue weighted by Crippen LogP contribution is 2.37. The van der Waals surface area contributed by atoms with Gasteiger partial charge in [0.05, 0.1) is 16.8 Å². The Morgan fingerprint density at radius 3 is 2.45 bits per heavy atom. The van der Waals surface area contributed by atoms with E-state index in [2.05, 4.69) is 0 Å². The zero-order valence-electron chi connectivity index (χ0n) is 10.3. The molecule has 2 nitrogen and oxygen atoms in total. The van der Waals surface area contributed by atoms with Crippen LogP contribution >= 0.6 is 23.2 Å². The van der Waals surface area contributed by atoms with E-state index in [1.54, 1.807) is 30.5 Å². The van der Waals surface area contributed by atoms with E-state index in [0.29, 0.717) is 27.3 Å². The molecule has 0 spiro atoms. The molecule has 0 fully saturated rings. The molecule has 1 heterocycles. The van der Waals surface area contributed by atoms with Crippen LogP contribution in [0.4, 0.5) is 0 Å². The fraction of sp³-hybridized carbons (Fsp3) is 0. The van der Waals surface area contributed by atoms with Gasteiger partial charge in [-0.1, -0.05) is 35.3 Å². The molecule has 0 saturated carbocycles. The van der Waals surface area contributed by atoms with Crippen LogP contribution in [0.25, 0.3) is 11.3 Å². The van der Waals surface area contributed by atoms with Crippen LogP contribution in [0.15, 0.2) is 65.3 Å². The third-order valence-electron chi connectivity index (χ3n) is 2.78. The van der Waals surface area contributed by atoms with Gasteiger partial charge in [-0.3, -0.25) is 0 Å². The zero-order chi connectivity index (χ0) is 13.9. The lowest BCUT2D eigenvalue weighted by Gasteiger charge is -2.11. The summed E-state index contributed by atoms with van der Waals surface area (Å²) in [6.45, 7) is 0. The zero-order valence-corrected chi connectivity index (χ0v) is 11.9. The van der Waals surface area contributed by atoms with Gasteiger partial charge in [-0.2, -0.15) is 0 Å². The molecule has 0 unspecified atom stereocenters. The summed E-state index contributed by atoms with van der Waals surface area (Å²) in [5, 5.41) is 1.16. The summed E-state index contributed by atoms with van der Waals surface area (Å²) in [7, 11) is 0. The molecule has 3 aromatic rings. The molecule has 0 amide bonds. The Morgan fingerprint density at radius 2 is 1.70 bits per heavy atom. The van der Waals surface area contributed by atoms with Gasteiger partial charge in [0.25, 0.3) is 0 Å². The summed E-state index contributed by atoms with van der Waals surface area (Å²) in [4.78, 5) is 0. The van der Waals surface area contributed by atoms with Crippen molar-refractivity contribution in [2.75, 3.05) is 0 Å². The molecule has 0 radical (unpaired) electrons. The van der Waals surface area contributed by atoms with Crippen molar-refractivity contribution in [3.63, 3.8) is 0 Å². The topological polar surface area (TPSA) is 22.4 Å². The van der Waals surface area contributed by atoms with E-state index >= 15 is 0 Å². The van der Waals surface area contributed by atoms with Gasteiger partial charge in [0.1, 0.15) is 17.3 Å². The van der Waals surface area contributed by atoms with Crippen LogP contribution in [0.2, 0.25) is 10.0 Å². The molecule has 20 heavy (non-hydrogen) atoms. The Labute approximate surface area is 126 Å². The van der Waals surface area contributed by atoms with Crippen LogP contribution in [0.5, 0.6) is 11.5 Å². The second-order valence-corrected chi connectivity index (χ2v) is 4.99. The number of para-hydroxylation sites is 1. The van der Waals surface area contributed by atoms with Crippen LogP contribution < -0.4 is 4.74 Å². The van der Waals surface area contributed by atoms with Crippen molar-refractivity contribution in [1.82, 2.24) is 0 Å². The maximum absolute atomic E-state index is 6.11. The van der Waals surface area contributed by atoms with E-state index < -0.39 is 0 Å². The van der Waals surface area contributed by atoms with Gasteiger partial charge in [0, 0.05) is 5.02 Å². The van der Waals surface area contributed by atoms with E-state index in [1.165, 1.54) is 0 Å². The van der Waals surface area contributed by atoms with Crippen LogP contribution in [0.1, 0.15) is 0 Å². The lowest BCUT2D eigenvalue weighted by atomic mass is 10.1. The first-order valence-corrected chi connectivity index (χ1v) is 6.75. The fourth-order valence-corrected chi connectivity index (χ4v) is 2.21. The Hall–Kier alpha value is -1.90. The second-order valence-electron chi connectivity index (χ2n) is 4.15. The largest absolute Gasteiger partial charge is 0.464 e. The molecule has 0 aliphatic heterocycles. The van der Waals surface area contributed by atoms with Crippen molar-refractivity contribution in [3.8, 4) is 22.8 Å². The number of hydrogen-bond acceptors (Lipinski definition) is 2. The SMILES string of the molecule is Clc1ccc(Oc2ccccc2Cl)c(-c2ccco2)c1. The van der Waals surface area contributed by atoms with Crippen molar-refractivity contribution in [3.05, 3.63) is 70.9 Å². The van der Waals surface area contributed by atoms with Gasteiger partial charge in [0.2, 0.25) is 0 Å². The number of furan rings is 1. The summed E-state index contributed by atoms with van der Waals surface area (Å²) in [5.74, 6) is 1.91. The molecule has 3 rings (SSSR count). The molecule has 0 N–H and O–H groups in total. The quantitative estimate of drug-likeness (QED) is 0.588. The summed E-state index contributed by atoms with van der Waals surface area (Å²) in [6.07, 6.45) is 1.61. The second kappa shape index (κ2) is 5.61. The molecule has 0 atom stereocenters. The van der Waals surface area contributed by atoms with Gasteiger partial charge in [-0.15, -0.1) is 0 Å². The Bertz CT molecular complexity index is 721. The van der Waals surface area contributed by atoms with Crippen LogP contribution in [0.3, 0.4) is 0 Å². The highest BCUT2D eigenvalue weighted by atomic mass is 35.5. The molecule has 0 aliphatic rings. The molecular weight excluding hydrogens is 295 g/mol. The number of rotatable bonds is 3. The molecule has 100 valence electrons. The first kappa shape index (κ1) is 13.1. The molecule has 1 aromatic heterocycles. The predicted molar refractivity (Wildman–Crippen MR) is 80.7 cm³/mol. The van der Waals surface area contributed by atoms with Crippen LogP contribution in [-0.4, -0.2) is 0 Å². The normalized spacial score (nSPS) is 10.5. The summed E-state index contributed by atoms with van der Waals surface area (Å²) in [5.41, 5.74) is 0.780. The molecule has 2 aromatic carbocycles. The number of halogens is 2. The highest BCUT2D eigenvalue weighted by Gasteiger charge is 2.12. The molecule has 0 saturated heterocycles. The summed E-state index contributed by atoms with van der Waals surface area (Å²) < 4.78 is 11.3. The van der Waals surface area contributed by atoms with E-state index in [0.717, 1.165) is 5.56 Å². The number of hydrogen-bond donors (Lipinski definition) is 0. The predicted octanol–water partition coefficient (Wildman–Crippen LogP) is 6.05. The third-order valence-corrected chi connectivity index (χ3v) is 3.33. The lowest BCUT2D eigenvalue weighted by molar-refractivity contribution is 0.481. The Balaban J connectivity index is 2.04. The Kier molecular flexibility index (Phi) is 3.68. The summed E-state index contributed by atoms with van der Waals surface area (Å²) in [6, 6.07) is 16.3. The fourth-order valence-electron chi connectivity index (χ4n) is 1.86. The van der Waals surface area contributed by atoms with Gasteiger partial charge < -0.3 is 9.15 Å². The maximum atomic E-state index is 6.11. The van der Waals surface area contributed by atoms with Gasteiger partial charge in [-0.05, 0) is 42.5 Å². The van der Waals surface area contributed by atoms with Crippen molar-refractivity contribution in [2.24, 2.45) is 0 Å². The smallest absolute Gasteiger partial charge is 0.146 e. The minimum Gasteiger partial charge on any atom is -0.464 e. The third kappa shape index (κ3) is 2.67. The lowest BCUT2D eigenvalue weighted by Crippen LogP contribution is -1.88. The van der Waals surface area contributed by atoms with E-state index in [-0.39, 0.29) is 0 Å². The van der Waals surface area contributed by atoms with E-state index in [4.69, 9.17) is 32.4 Å². The van der Waals surface area contributed by atoms with Gasteiger partial charge >= 0.3 is 0 Å². The Morgan fingerprint density at radius 1 is 0.850 bits per heavy atom.